The van der Waals surface area contributed by atoms with Crippen molar-refractivity contribution in [2.45, 2.75) is 25.8 Å². The Hall–Kier alpha value is -1.39. The summed E-state index contributed by atoms with van der Waals surface area (Å²) in [6.07, 6.45) is 5.24. The summed E-state index contributed by atoms with van der Waals surface area (Å²) in [4.78, 5) is 4.56. The van der Waals surface area contributed by atoms with E-state index in [0.29, 0.717) is 12.5 Å². The van der Waals surface area contributed by atoms with Crippen molar-refractivity contribution in [3.05, 3.63) is 35.9 Å². The van der Waals surface area contributed by atoms with Gasteiger partial charge in [0, 0.05) is 31.9 Å². The van der Waals surface area contributed by atoms with E-state index in [2.05, 4.69) is 21.5 Å². The number of pyridine rings is 1. The van der Waals surface area contributed by atoms with Crippen LogP contribution in [0.1, 0.15) is 24.4 Å². The molecule has 1 saturated heterocycles. The number of hydrogen-bond donors (Lipinski definition) is 1. The Bertz CT molecular complexity index is 529. The molecule has 96 valence electrons. The number of imidazole rings is 1. The van der Waals surface area contributed by atoms with E-state index in [-0.39, 0.29) is 0 Å². The summed E-state index contributed by atoms with van der Waals surface area (Å²) in [6, 6.07) is 6.19. The molecule has 1 aliphatic heterocycles. The third-order valence-electron chi connectivity index (χ3n) is 3.73. The second-order valence-corrected chi connectivity index (χ2v) is 4.92. The molecule has 4 nitrogen and oxygen atoms in total. The van der Waals surface area contributed by atoms with Crippen molar-refractivity contribution in [2.24, 2.45) is 11.7 Å². The zero-order chi connectivity index (χ0) is 12.4. The second-order valence-electron chi connectivity index (χ2n) is 4.92. The maximum Gasteiger partial charge on any atom is 0.113 e. The summed E-state index contributed by atoms with van der Waals surface area (Å²) in [5, 5.41) is 0. The van der Waals surface area contributed by atoms with Gasteiger partial charge in [0.15, 0.2) is 0 Å². The molecule has 2 aromatic heterocycles. The number of nitrogens with two attached hydrogens (primary N) is 1. The van der Waals surface area contributed by atoms with E-state index in [0.717, 1.165) is 49.5 Å². The highest BCUT2D eigenvalue weighted by molar-refractivity contribution is 5.47. The Balaban J connectivity index is 1.91. The van der Waals surface area contributed by atoms with Gasteiger partial charge in [0.05, 0.1) is 11.7 Å². The predicted molar refractivity (Wildman–Crippen MR) is 70.3 cm³/mol. The number of aromatic nitrogens is 2. The van der Waals surface area contributed by atoms with Crippen LogP contribution in [-0.2, 0) is 17.7 Å². The van der Waals surface area contributed by atoms with Crippen LogP contribution in [0.3, 0.4) is 0 Å². The normalized spacial score (nSPS) is 17.4. The molecule has 0 spiro atoms. The van der Waals surface area contributed by atoms with Gasteiger partial charge in [0.1, 0.15) is 5.82 Å². The van der Waals surface area contributed by atoms with E-state index in [4.69, 9.17) is 10.5 Å². The molecule has 18 heavy (non-hydrogen) atoms. The third-order valence-corrected chi connectivity index (χ3v) is 3.73. The summed E-state index contributed by atoms with van der Waals surface area (Å²) in [5.74, 6) is 1.83. The molecule has 0 saturated carbocycles. The summed E-state index contributed by atoms with van der Waals surface area (Å²) in [7, 11) is 0. The number of ether oxygens (including phenoxy) is 1. The highest BCUT2D eigenvalue weighted by Gasteiger charge is 2.17. The van der Waals surface area contributed by atoms with E-state index in [9.17, 15) is 0 Å². The highest BCUT2D eigenvalue weighted by Crippen LogP contribution is 2.21. The van der Waals surface area contributed by atoms with Crippen LogP contribution in [0.15, 0.2) is 24.4 Å². The topological polar surface area (TPSA) is 52.5 Å². The summed E-state index contributed by atoms with van der Waals surface area (Å²) < 4.78 is 7.61. The molecular formula is C14H19N3O. The number of fused-ring (bicyclic) bond motifs is 1. The first kappa shape index (κ1) is 11.7. The lowest BCUT2D eigenvalue weighted by atomic mass is 9.96. The van der Waals surface area contributed by atoms with Gasteiger partial charge in [-0.2, -0.15) is 0 Å². The van der Waals surface area contributed by atoms with E-state index < -0.39 is 0 Å². The van der Waals surface area contributed by atoms with E-state index in [1.165, 1.54) is 0 Å². The largest absolute Gasteiger partial charge is 0.381 e. The van der Waals surface area contributed by atoms with Gasteiger partial charge in [0.25, 0.3) is 0 Å². The Labute approximate surface area is 107 Å². The molecule has 3 heterocycles. The Morgan fingerprint density at radius 1 is 1.33 bits per heavy atom. The van der Waals surface area contributed by atoms with Crippen molar-refractivity contribution in [1.29, 1.82) is 0 Å². The molecule has 0 unspecified atom stereocenters. The molecule has 2 aromatic rings. The minimum absolute atomic E-state index is 0.550. The van der Waals surface area contributed by atoms with Gasteiger partial charge >= 0.3 is 0 Å². The van der Waals surface area contributed by atoms with Gasteiger partial charge < -0.3 is 10.5 Å². The number of hydrogen-bond acceptors (Lipinski definition) is 3. The first-order valence-electron chi connectivity index (χ1n) is 6.60. The molecule has 0 bridgehead atoms. The summed E-state index contributed by atoms with van der Waals surface area (Å²) in [6.45, 7) is 2.32. The lowest BCUT2D eigenvalue weighted by Gasteiger charge is -2.21. The number of nitrogens with zero attached hydrogens (tertiary/aromatic N) is 2. The fraction of sp³-hybridized carbons (Fsp3) is 0.500. The lowest BCUT2D eigenvalue weighted by molar-refractivity contribution is 0.0659. The van der Waals surface area contributed by atoms with Crippen LogP contribution < -0.4 is 5.73 Å². The van der Waals surface area contributed by atoms with Crippen molar-refractivity contribution in [2.75, 3.05) is 13.2 Å². The maximum atomic E-state index is 5.81. The average molecular weight is 245 g/mol. The van der Waals surface area contributed by atoms with Gasteiger partial charge in [-0.1, -0.05) is 6.07 Å². The fourth-order valence-electron chi connectivity index (χ4n) is 2.70. The Morgan fingerprint density at radius 3 is 2.94 bits per heavy atom. The van der Waals surface area contributed by atoms with E-state index in [1.807, 2.05) is 12.3 Å². The molecular weight excluding hydrogens is 226 g/mol. The first-order valence-corrected chi connectivity index (χ1v) is 6.60. The average Bonchev–Trinajstić information content (AvgIpc) is 2.83. The zero-order valence-corrected chi connectivity index (χ0v) is 10.5. The number of rotatable bonds is 3. The summed E-state index contributed by atoms with van der Waals surface area (Å²) in [5.41, 5.74) is 8.08. The molecule has 3 rings (SSSR count). The first-order chi connectivity index (χ1) is 8.88. The molecule has 0 amide bonds. The van der Waals surface area contributed by atoms with Crippen LogP contribution >= 0.6 is 0 Å². The van der Waals surface area contributed by atoms with Gasteiger partial charge in [-0.3, -0.25) is 4.40 Å². The molecule has 0 aliphatic carbocycles. The van der Waals surface area contributed by atoms with Gasteiger partial charge in [0.2, 0.25) is 0 Å². The molecule has 1 fully saturated rings. The van der Waals surface area contributed by atoms with Crippen molar-refractivity contribution in [1.82, 2.24) is 9.38 Å². The Morgan fingerprint density at radius 2 is 2.17 bits per heavy atom. The predicted octanol–water partition coefficient (Wildman–Crippen LogP) is 1.76. The lowest BCUT2D eigenvalue weighted by Crippen LogP contribution is -2.19. The standard InChI is InChI=1S/C14H19N3O/c15-9-12-2-1-3-13-10-16-14(17(12)13)8-11-4-6-18-7-5-11/h1-3,10-11H,4-9,15H2. The van der Waals surface area contributed by atoms with Crippen LogP contribution in [0.25, 0.3) is 5.52 Å². The molecule has 0 radical (unpaired) electrons. The minimum Gasteiger partial charge on any atom is -0.381 e. The third kappa shape index (κ3) is 2.13. The van der Waals surface area contributed by atoms with Gasteiger partial charge in [-0.15, -0.1) is 0 Å². The Kier molecular flexibility index (Phi) is 3.30. The van der Waals surface area contributed by atoms with Crippen LogP contribution in [-0.4, -0.2) is 22.6 Å². The fourth-order valence-corrected chi connectivity index (χ4v) is 2.70. The zero-order valence-electron chi connectivity index (χ0n) is 10.5. The summed E-state index contributed by atoms with van der Waals surface area (Å²) >= 11 is 0. The van der Waals surface area contributed by atoms with Crippen LogP contribution in [0.2, 0.25) is 0 Å². The van der Waals surface area contributed by atoms with E-state index >= 15 is 0 Å². The molecule has 0 aromatic carbocycles. The van der Waals surface area contributed by atoms with E-state index in [1.54, 1.807) is 0 Å². The van der Waals surface area contributed by atoms with Gasteiger partial charge in [-0.25, -0.2) is 4.98 Å². The van der Waals surface area contributed by atoms with Crippen LogP contribution in [0, 0.1) is 5.92 Å². The maximum absolute atomic E-state index is 5.81. The van der Waals surface area contributed by atoms with Crippen LogP contribution in [0.4, 0.5) is 0 Å². The molecule has 2 N–H and O–H groups in total. The highest BCUT2D eigenvalue weighted by atomic mass is 16.5. The van der Waals surface area contributed by atoms with Crippen molar-refractivity contribution in [3.8, 4) is 0 Å². The van der Waals surface area contributed by atoms with Gasteiger partial charge in [-0.05, 0) is 30.9 Å². The second kappa shape index (κ2) is 5.08. The van der Waals surface area contributed by atoms with Crippen LogP contribution in [0.5, 0.6) is 0 Å². The molecule has 4 heteroatoms. The minimum atomic E-state index is 0.550. The monoisotopic (exact) mass is 245 g/mol. The quantitative estimate of drug-likeness (QED) is 0.896. The smallest absolute Gasteiger partial charge is 0.113 e. The molecule has 1 aliphatic rings. The van der Waals surface area contributed by atoms with Crippen molar-refractivity contribution >= 4 is 5.52 Å². The van der Waals surface area contributed by atoms with Crippen molar-refractivity contribution < 1.29 is 4.74 Å². The SMILES string of the molecule is NCc1cccc2cnc(CC3CCOCC3)n12. The molecule has 0 atom stereocenters. The van der Waals surface area contributed by atoms with Crippen molar-refractivity contribution in [3.63, 3.8) is 0 Å².